The number of hydrogen-bond acceptors (Lipinski definition) is 4. The fourth-order valence-electron chi connectivity index (χ4n) is 5.52. The number of nitrogens with one attached hydrogen (secondary N) is 1. The van der Waals surface area contributed by atoms with Crippen LogP contribution in [0.5, 0.6) is 0 Å². The highest BCUT2D eigenvalue weighted by Gasteiger charge is 2.39. The number of fused-ring (bicyclic) bond motifs is 4. The van der Waals surface area contributed by atoms with Crippen LogP contribution in [0.1, 0.15) is 50.1 Å². The zero-order chi connectivity index (χ0) is 22.3. The van der Waals surface area contributed by atoms with E-state index in [-0.39, 0.29) is 34.1 Å². The van der Waals surface area contributed by atoms with E-state index in [1.165, 1.54) is 6.42 Å². The van der Waals surface area contributed by atoms with Gasteiger partial charge in [-0.15, -0.1) is 0 Å². The molecule has 170 valence electrons. The Balaban J connectivity index is 1.31. The summed E-state index contributed by atoms with van der Waals surface area (Å²) in [5.41, 5.74) is 1.54. The largest absolute Gasteiger partial charge is 0.326 e. The number of hydrogen-bond donors (Lipinski definition) is 1. The van der Waals surface area contributed by atoms with Gasteiger partial charge >= 0.3 is 0 Å². The van der Waals surface area contributed by atoms with E-state index < -0.39 is 10.0 Å². The number of carbonyl (C=O) groups excluding carboxylic acids is 1. The molecule has 2 bridgehead atoms. The molecule has 3 heterocycles. The third-order valence-electron chi connectivity index (χ3n) is 7.18. The third kappa shape index (κ3) is 4.01. The summed E-state index contributed by atoms with van der Waals surface area (Å²) >= 11 is 0. The predicted molar refractivity (Wildman–Crippen MR) is 122 cm³/mol. The standard InChI is InChI=1S/C24H29N3O4S/c28-23-8-4-7-22-19-13-17(15-27(22)23)14-26(16-19)32(30,31)21-11-9-20(10-12-21)25-24(29)18-5-2-1-3-6-18/h4,7-12,17-19H,1-3,5-6,13-16H2,(H,25,29)/t17-,19+/m1/s1. The topological polar surface area (TPSA) is 88.5 Å². The second-order valence-corrected chi connectivity index (χ2v) is 11.3. The molecule has 1 aromatic heterocycles. The molecule has 5 rings (SSSR count). The summed E-state index contributed by atoms with van der Waals surface area (Å²) in [6.45, 7) is 1.35. The molecule has 1 amide bonds. The number of sulfonamides is 1. The van der Waals surface area contributed by atoms with Crippen molar-refractivity contribution in [2.45, 2.75) is 55.9 Å². The third-order valence-corrected chi connectivity index (χ3v) is 9.03. The first-order valence-electron chi connectivity index (χ1n) is 11.5. The monoisotopic (exact) mass is 455 g/mol. The molecule has 8 heteroatoms. The van der Waals surface area contributed by atoms with Gasteiger partial charge in [0.15, 0.2) is 0 Å². The van der Waals surface area contributed by atoms with Crippen LogP contribution in [0.15, 0.2) is 52.2 Å². The number of pyridine rings is 1. The minimum atomic E-state index is -3.65. The Kier molecular flexibility index (Phi) is 5.67. The van der Waals surface area contributed by atoms with Crippen LogP contribution in [0.2, 0.25) is 0 Å². The number of amides is 1. The highest BCUT2D eigenvalue weighted by molar-refractivity contribution is 7.89. The van der Waals surface area contributed by atoms with E-state index in [4.69, 9.17) is 0 Å². The van der Waals surface area contributed by atoms with Crippen molar-refractivity contribution in [1.29, 1.82) is 0 Å². The fraction of sp³-hybridized carbons (Fsp3) is 0.500. The molecule has 2 atom stereocenters. The zero-order valence-corrected chi connectivity index (χ0v) is 18.9. The first kappa shape index (κ1) is 21.4. The highest BCUT2D eigenvalue weighted by Crippen LogP contribution is 2.37. The van der Waals surface area contributed by atoms with Crippen LogP contribution in [0.25, 0.3) is 0 Å². The molecule has 2 aliphatic heterocycles. The van der Waals surface area contributed by atoms with Gasteiger partial charge in [0.25, 0.3) is 5.56 Å². The number of piperidine rings is 1. The SMILES string of the molecule is O=C(Nc1ccc(S(=O)(=O)N2C[C@H]3C[C@@H](C2)c2cccc(=O)n2C3)cc1)C1CCCCC1. The Morgan fingerprint density at radius 3 is 2.44 bits per heavy atom. The Bertz CT molecular complexity index is 1170. The second kappa shape index (κ2) is 8.48. The van der Waals surface area contributed by atoms with Crippen molar-refractivity contribution in [2.75, 3.05) is 18.4 Å². The number of anilines is 1. The smallest absolute Gasteiger partial charge is 0.250 e. The van der Waals surface area contributed by atoms with Crippen LogP contribution in [0, 0.1) is 11.8 Å². The summed E-state index contributed by atoms with van der Waals surface area (Å²) in [6, 6.07) is 11.8. The van der Waals surface area contributed by atoms with Gasteiger partial charge in [0.2, 0.25) is 15.9 Å². The maximum atomic E-state index is 13.3. The maximum Gasteiger partial charge on any atom is 0.250 e. The van der Waals surface area contributed by atoms with Gasteiger partial charge in [-0.1, -0.05) is 25.3 Å². The molecule has 1 aliphatic carbocycles. The number of nitrogens with zero attached hydrogens (tertiary/aromatic N) is 2. The lowest BCUT2D eigenvalue weighted by molar-refractivity contribution is -0.120. The van der Waals surface area contributed by atoms with Gasteiger partial charge in [-0.25, -0.2) is 8.42 Å². The summed E-state index contributed by atoms with van der Waals surface area (Å²) in [5.74, 6) is 0.235. The maximum absolute atomic E-state index is 13.3. The summed E-state index contributed by atoms with van der Waals surface area (Å²) in [5, 5.41) is 2.94. The molecule has 0 spiro atoms. The molecule has 0 radical (unpaired) electrons. The Morgan fingerprint density at radius 1 is 0.938 bits per heavy atom. The van der Waals surface area contributed by atoms with Crippen molar-refractivity contribution < 1.29 is 13.2 Å². The molecule has 0 unspecified atom stereocenters. The van der Waals surface area contributed by atoms with Gasteiger partial charge in [-0.2, -0.15) is 4.31 Å². The van der Waals surface area contributed by atoms with E-state index in [1.807, 2.05) is 6.07 Å². The lowest BCUT2D eigenvalue weighted by Gasteiger charge is -2.42. The van der Waals surface area contributed by atoms with E-state index in [9.17, 15) is 18.0 Å². The van der Waals surface area contributed by atoms with Gasteiger partial charge in [0, 0.05) is 48.9 Å². The average Bonchev–Trinajstić information content (AvgIpc) is 2.80. The van der Waals surface area contributed by atoms with Crippen LogP contribution in [-0.4, -0.2) is 36.3 Å². The Morgan fingerprint density at radius 2 is 1.69 bits per heavy atom. The quantitative estimate of drug-likeness (QED) is 0.767. The molecule has 3 aliphatic rings. The van der Waals surface area contributed by atoms with E-state index in [2.05, 4.69) is 5.32 Å². The second-order valence-electron chi connectivity index (χ2n) is 9.37. The minimum Gasteiger partial charge on any atom is -0.326 e. The van der Waals surface area contributed by atoms with E-state index >= 15 is 0 Å². The molecule has 1 aromatic carbocycles. The van der Waals surface area contributed by atoms with Gasteiger partial charge in [-0.3, -0.25) is 9.59 Å². The Hall–Kier alpha value is -2.45. The first-order valence-corrected chi connectivity index (χ1v) is 13.0. The minimum absolute atomic E-state index is 0.0145. The van der Waals surface area contributed by atoms with Crippen LogP contribution < -0.4 is 10.9 Å². The Labute approximate surface area is 188 Å². The predicted octanol–water partition coefficient (Wildman–Crippen LogP) is 3.18. The molecule has 1 N–H and O–H groups in total. The normalized spacial score (nSPS) is 24.0. The van der Waals surface area contributed by atoms with Crippen LogP contribution in [0.3, 0.4) is 0 Å². The van der Waals surface area contributed by atoms with Crippen molar-refractivity contribution in [2.24, 2.45) is 11.8 Å². The van der Waals surface area contributed by atoms with E-state index in [0.717, 1.165) is 37.8 Å². The van der Waals surface area contributed by atoms with Gasteiger partial charge in [0.1, 0.15) is 0 Å². The number of carbonyl (C=O) groups is 1. The summed E-state index contributed by atoms with van der Waals surface area (Å²) in [6.07, 6.45) is 6.12. The average molecular weight is 456 g/mol. The molecule has 1 saturated heterocycles. The molecule has 2 aromatic rings. The molecule has 2 fully saturated rings. The number of aromatic nitrogens is 1. The van der Waals surface area contributed by atoms with Crippen molar-refractivity contribution in [3.63, 3.8) is 0 Å². The number of benzene rings is 1. The van der Waals surface area contributed by atoms with Crippen LogP contribution in [-0.2, 0) is 21.4 Å². The van der Waals surface area contributed by atoms with E-state index in [1.54, 1.807) is 45.3 Å². The molecular formula is C24H29N3O4S. The van der Waals surface area contributed by atoms with Crippen molar-refractivity contribution in [3.8, 4) is 0 Å². The van der Waals surface area contributed by atoms with Gasteiger partial charge in [-0.05, 0) is 55.5 Å². The lowest BCUT2D eigenvalue weighted by atomic mass is 9.84. The first-order chi connectivity index (χ1) is 15.4. The summed E-state index contributed by atoms with van der Waals surface area (Å²) in [7, 11) is -3.65. The van der Waals surface area contributed by atoms with Crippen molar-refractivity contribution in [1.82, 2.24) is 8.87 Å². The fourth-order valence-corrected chi connectivity index (χ4v) is 7.08. The van der Waals surface area contributed by atoms with Gasteiger partial charge < -0.3 is 9.88 Å². The molecule has 7 nitrogen and oxygen atoms in total. The van der Waals surface area contributed by atoms with Crippen molar-refractivity contribution >= 4 is 21.6 Å². The molecule has 1 saturated carbocycles. The number of rotatable bonds is 4. The van der Waals surface area contributed by atoms with Crippen LogP contribution >= 0.6 is 0 Å². The van der Waals surface area contributed by atoms with E-state index in [0.29, 0.717) is 25.3 Å². The van der Waals surface area contributed by atoms with Crippen molar-refractivity contribution in [3.05, 3.63) is 58.5 Å². The highest BCUT2D eigenvalue weighted by atomic mass is 32.2. The molecule has 32 heavy (non-hydrogen) atoms. The lowest BCUT2D eigenvalue weighted by Crippen LogP contribution is -2.48. The van der Waals surface area contributed by atoms with Gasteiger partial charge in [0.05, 0.1) is 4.90 Å². The summed E-state index contributed by atoms with van der Waals surface area (Å²) in [4.78, 5) is 24.9. The van der Waals surface area contributed by atoms with Crippen LogP contribution in [0.4, 0.5) is 5.69 Å². The molecular weight excluding hydrogens is 426 g/mol. The summed E-state index contributed by atoms with van der Waals surface area (Å²) < 4.78 is 30.1. The zero-order valence-electron chi connectivity index (χ0n) is 18.1.